The number of thiophene rings is 1. The molecule has 2 N–H and O–H groups in total. The van der Waals surface area contributed by atoms with Crippen molar-refractivity contribution in [3.8, 4) is 5.75 Å². The van der Waals surface area contributed by atoms with Crippen LogP contribution in [0.5, 0.6) is 5.75 Å². The lowest BCUT2D eigenvalue weighted by atomic mass is 10.2. The van der Waals surface area contributed by atoms with E-state index in [1.807, 2.05) is 12.1 Å². The Morgan fingerprint density at radius 1 is 1.32 bits per heavy atom. The van der Waals surface area contributed by atoms with Gasteiger partial charge in [-0.25, -0.2) is 0 Å². The molecule has 1 heterocycles. The van der Waals surface area contributed by atoms with Crippen molar-refractivity contribution >= 4 is 33.0 Å². The van der Waals surface area contributed by atoms with Crippen molar-refractivity contribution in [2.24, 2.45) is 0 Å². The molecule has 0 aliphatic heterocycles. The van der Waals surface area contributed by atoms with E-state index in [0.29, 0.717) is 5.69 Å². The summed E-state index contributed by atoms with van der Waals surface area (Å²) in [5, 5.41) is 2.11. The van der Waals surface area contributed by atoms with E-state index in [9.17, 15) is 0 Å². The molecule has 0 atom stereocenters. The third-order valence-corrected chi connectivity index (χ3v) is 4.48. The quantitative estimate of drug-likeness (QED) is 0.842. The summed E-state index contributed by atoms with van der Waals surface area (Å²) in [5.41, 5.74) is 7.79. The highest BCUT2D eigenvalue weighted by atomic mass is 79.9. The molecular formula is C14H17BrN2OS. The van der Waals surface area contributed by atoms with Gasteiger partial charge in [0.15, 0.2) is 0 Å². The van der Waals surface area contributed by atoms with Crippen molar-refractivity contribution in [3.05, 3.63) is 44.6 Å². The topological polar surface area (TPSA) is 38.5 Å². The molecule has 0 spiro atoms. The molecule has 19 heavy (non-hydrogen) atoms. The predicted octanol–water partition coefficient (Wildman–Crippen LogP) is 3.73. The molecule has 1 aromatic heterocycles. The number of halogens is 1. The Kier molecular flexibility index (Phi) is 4.85. The van der Waals surface area contributed by atoms with Gasteiger partial charge < -0.3 is 10.5 Å². The van der Waals surface area contributed by atoms with Crippen LogP contribution in [0, 0.1) is 0 Å². The van der Waals surface area contributed by atoms with E-state index in [0.717, 1.165) is 23.3 Å². The Morgan fingerprint density at radius 2 is 2.11 bits per heavy atom. The van der Waals surface area contributed by atoms with Crippen LogP contribution in [0.15, 0.2) is 34.1 Å². The van der Waals surface area contributed by atoms with Crippen LogP contribution in [0.3, 0.4) is 0 Å². The Bertz CT molecular complexity index is 556. The zero-order chi connectivity index (χ0) is 13.8. The summed E-state index contributed by atoms with van der Waals surface area (Å²) in [5.74, 6) is 0.730. The average molecular weight is 341 g/mol. The highest BCUT2D eigenvalue weighted by molar-refractivity contribution is 9.10. The second-order valence-electron chi connectivity index (χ2n) is 4.48. The van der Waals surface area contributed by atoms with Crippen molar-refractivity contribution in [1.82, 2.24) is 4.90 Å². The van der Waals surface area contributed by atoms with Crippen LogP contribution in [0.4, 0.5) is 5.69 Å². The van der Waals surface area contributed by atoms with Gasteiger partial charge in [0.2, 0.25) is 0 Å². The normalized spacial score (nSPS) is 10.9. The molecule has 0 aliphatic rings. The molecule has 0 aliphatic carbocycles. The number of ether oxygens (including phenoxy) is 1. The third-order valence-electron chi connectivity index (χ3n) is 2.79. The number of benzene rings is 1. The fourth-order valence-electron chi connectivity index (χ4n) is 1.95. The number of hydrogen-bond acceptors (Lipinski definition) is 4. The summed E-state index contributed by atoms with van der Waals surface area (Å²) >= 11 is 5.24. The molecule has 2 rings (SSSR count). The van der Waals surface area contributed by atoms with Gasteiger partial charge in [0.1, 0.15) is 5.75 Å². The van der Waals surface area contributed by atoms with Crippen LogP contribution in [0.25, 0.3) is 0 Å². The molecule has 0 radical (unpaired) electrons. The van der Waals surface area contributed by atoms with Gasteiger partial charge in [-0.2, -0.15) is 0 Å². The van der Waals surface area contributed by atoms with E-state index in [-0.39, 0.29) is 0 Å². The highest BCUT2D eigenvalue weighted by Crippen LogP contribution is 2.24. The molecule has 0 saturated carbocycles. The smallest absolute Gasteiger partial charge is 0.141 e. The number of rotatable bonds is 5. The lowest BCUT2D eigenvalue weighted by Crippen LogP contribution is -2.16. The standard InChI is InChI=1S/C14H17BrN2OS/c1-17(8-12-6-11(15)9-19-12)7-10-3-4-14(18-2)13(16)5-10/h3-6,9H,7-8,16H2,1-2H3. The number of methoxy groups -OCH3 is 1. The summed E-state index contributed by atoms with van der Waals surface area (Å²) in [4.78, 5) is 3.61. The zero-order valence-corrected chi connectivity index (χ0v) is 13.4. The molecule has 0 unspecified atom stereocenters. The van der Waals surface area contributed by atoms with Crippen molar-refractivity contribution in [3.63, 3.8) is 0 Å². The maximum absolute atomic E-state index is 5.92. The minimum Gasteiger partial charge on any atom is -0.495 e. The second kappa shape index (κ2) is 6.41. The first-order valence-corrected chi connectivity index (χ1v) is 7.59. The van der Waals surface area contributed by atoms with Crippen LogP contribution in [0.2, 0.25) is 0 Å². The van der Waals surface area contributed by atoms with E-state index in [4.69, 9.17) is 10.5 Å². The molecular weight excluding hydrogens is 324 g/mol. The van der Waals surface area contributed by atoms with Crippen LogP contribution in [0.1, 0.15) is 10.4 Å². The van der Waals surface area contributed by atoms with Gasteiger partial charge in [0, 0.05) is 27.8 Å². The number of anilines is 1. The number of nitrogens with two attached hydrogens (primary N) is 1. The van der Waals surface area contributed by atoms with Gasteiger partial charge >= 0.3 is 0 Å². The second-order valence-corrected chi connectivity index (χ2v) is 6.39. The molecule has 102 valence electrons. The van der Waals surface area contributed by atoms with E-state index in [2.05, 4.69) is 45.4 Å². The lowest BCUT2D eigenvalue weighted by molar-refractivity contribution is 0.322. The number of nitrogens with zero attached hydrogens (tertiary/aromatic N) is 1. The molecule has 3 nitrogen and oxygen atoms in total. The molecule has 0 amide bonds. The zero-order valence-electron chi connectivity index (χ0n) is 11.0. The average Bonchev–Trinajstić information content (AvgIpc) is 2.74. The van der Waals surface area contributed by atoms with Crippen LogP contribution in [-0.2, 0) is 13.1 Å². The maximum atomic E-state index is 5.92. The first-order chi connectivity index (χ1) is 9.08. The Morgan fingerprint density at radius 3 is 2.68 bits per heavy atom. The van der Waals surface area contributed by atoms with Gasteiger partial charge in [-0.3, -0.25) is 4.90 Å². The maximum Gasteiger partial charge on any atom is 0.141 e. The van der Waals surface area contributed by atoms with E-state index in [1.54, 1.807) is 18.4 Å². The highest BCUT2D eigenvalue weighted by Gasteiger charge is 2.06. The van der Waals surface area contributed by atoms with Gasteiger partial charge in [0.25, 0.3) is 0 Å². The third kappa shape index (κ3) is 3.96. The van der Waals surface area contributed by atoms with Crippen LogP contribution in [-0.4, -0.2) is 19.1 Å². The van der Waals surface area contributed by atoms with E-state index in [1.165, 1.54) is 10.4 Å². The summed E-state index contributed by atoms with van der Waals surface area (Å²) < 4.78 is 6.31. The Labute approximate surface area is 126 Å². The molecule has 0 saturated heterocycles. The molecule has 2 aromatic rings. The lowest BCUT2D eigenvalue weighted by Gasteiger charge is -2.16. The predicted molar refractivity (Wildman–Crippen MR) is 84.6 cm³/mol. The van der Waals surface area contributed by atoms with Gasteiger partial charge in [-0.05, 0) is 46.7 Å². The monoisotopic (exact) mass is 340 g/mol. The van der Waals surface area contributed by atoms with Crippen molar-refractivity contribution in [2.45, 2.75) is 13.1 Å². The summed E-state index contributed by atoms with van der Waals surface area (Å²) in [6.45, 7) is 1.80. The number of hydrogen-bond donors (Lipinski definition) is 1. The molecule has 0 fully saturated rings. The fourth-order valence-corrected chi connectivity index (χ4v) is 3.48. The summed E-state index contributed by atoms with van der Waals surface area (Å²) in [6.07, 6.45) is 0. The minimum atomic E-state index is 0.687. The number of nitrogen functional groups attached to an aromatic ring is 1. The van der Waals surface area contributed by atoms with Gasteiger partial charge in [-0.1, -0.05) is 6.07 Å². The van der Waals surface area contributed by atoms with E-state index < -0.39 is 0 Å². The SMILES string of the molecule is COc1ccc(CN(C)Cc2cc(Br)cs2)cc1N. The first kappa shape index (κ1) is 14.4. The van der Waals surface area contributed by atoms with Crippen molar-refractivity contribution in [1.29, 1.82) is 0 Å². The molecule has 1 aromatic carbocycles. The van der Waals surface area contributed by atoms with Crippen LogP contribution < -0.4 is 10.5 Å². The molecule has 5 heteroatoms. The summed E-state index contributed by atoms with van der Waals surface area (Å²) in [6, 6.07) is 8.10. The first-order valence-electron chi connectivity index (χ1n) is 5.92. The van der Waals surface area contributed by atoms with Crippen molar-refractivity contribution < 1.29 is 4.74 Å². The summed E-state index contributed by atoms with van der Waals surface area (Å²) in [7, 11) is 3.74. The largest absolute Gasteiger partial charge is 0.495 e. The Balaban J connectivity index is 1.98. The minimum absolute atomic E-state index is 0.687. The van der Waals surface area contributed by atoms with E-state index >= 15 is 0 Å². The Hall–Kier alpha value is -1.04. The fraction of sp³-hybridized carbons (Fsp3) is 0.286. The molecule has 0 bridgehead atoms. The van der Waals surface area contributed by atoms with Gasteiger partial charge in [0.05, 0.1) is 12.8 Å². The van der Waals surface area contributed by atoms with Gasteiger partial charge in [-0.15, -0.1) is 11.3 Å². The van der Waals surface area contributed by atoms with Crippen LogP contribution >= 0.6 is 27.3 Å². The van der Waals surface area contributed by atoms with Crippen molar-refractivity contribution in [2.75, 3.05) is 19.9 Å².